The summed E-state index contributed by atoms with van der Waals surface area (Å²) in [5, 5.41) is 12.0. The van der Waals surface area contributed by atoms with Crippen molar-refractivity contribution in [3.63, 3.8) is 0 Å². The van der Waals surface area contributed by atoms with Crippen LogP contribution >= 0.6 is 0 Å². The highest BCUT2D eigenvalue weighted by molar-refractivity contribution is 5.80. The summed E-state index contributed by atoms with van der Waals surface area (Å²) in [5.74, 6) is 0.266. The quantitative estimate of drug-likeness (QED) is 0.330. The van der Waals surface area contributed by atoms with Crippen molar-refractivity contribution in [3.05, 3.63) is 35.9 Å². The van der Waals surface area contributed by atoms with Crippen molar-refractivity contribution < 1.29 is 9.94 Å². The molecule has 0 heterocycles. The topological polar surface area (TPSA) is 71.1 Å². The van der Waals surface area contributed by atoms with Gasteiger partial charge in [-0.15, -0.1) is 0 Å². The molecule has 1 atom stereocenters. The van der Waals surface area contributed by atoms with Crippen LogP contribution in [0.4, 0.5) is 0 Å². The molecule has 0 aromatic heterocycles. The van der Waals surface area contributed by atoms with E-state index in [4.69, 9.17) is 15.7 Å². The summed E-state index contributed by atoms with van der Waals surface area (Å²) in [6, 6.07) is 11.0. The Labute approximate surface area is 120 Å². The van der Waals surface area contributed by atoms with Gasteiger partial charge in [0.15, 0.2) is 0 Å². The van der Waals surface area contributed by atoms with Crippen molar-refractivity contribution in [1.82, 2.24) is 4.90 Å². The fourth-order valence-corrected chi connectivity index (χ4v) is 2.54. The van der Waals surface area contributed by atoms with Crippen LogP contribution in [0.3, 0.4) is 0 Å². The minimum Gasteiger partial charge on any atom is -0.409 e. The number of nitrogens with zero attached hydrogens (tertiary/aromatic N) is 2. The predicted molar refractivity (Wildman–Crippen MR) is 78.8 cm³/mol. The molecule has 1 aromatic carbocycles. The Bertz CT molecular complexity index is 432. The van der Waals surface area contributed by atoms with Crippen molar-refractivity contribution in [3.8, 4) is 0 Å². The molecule has 1 unspecified atom stereocenters. The number of hydrogen-bond acceptors (Lipinski definition) is 4. The van der Waals surface area contributed by atoms with E-state index in [1.54, 1.807) is 7.11 Å². The molecular formula is C15H23N3O2. The van der Waals surface area contributed by atoms with E-state index in [0.717, 1.165) is 6.54 Å². The number of rotatable bonds is 8. The maximum atomic E-state index is 8.86. The Balaban J connectivity index is 2.19. The Morgan fingerprint density at radius 1 is 1.45 bits per heavy atom. The third-order valence-electron chi connectivity index (χ3n) is 3.69. The number of amidine groups is 1. The zero-order chi connectivity index (χ0) is 14.4. The highest BCUT2D eigenvalue weighted by Crippen LogP contribution is 2.35. The summed E-state index contributed by atoms with van der Waals surface area (Å²) in [6.45, 7) is 1.55. The minimum absolute atomic E-state index is 0.134. The molecular weight excluding hydrogens is 254 g/mol. The molecule has 0 aliphatic heterocycles. The van der Waals surface area contributed by atoms with Crippen molar-refractivity contribution in [2.24, 2.45) is 10.9 Å². The lowest BCUT2D eigenvalue weighted by Crippen LogP contribution is -2.36. The maximum Gasteiger partial charge on any atom is 0.141 e. The first kappa shape index (κ1) is 14.8. The second-order valence-corrected chi connectivity index (χ2v) is 5.18. The van der Waals surface area contributed by atoms with Gasteiger partial charge in [0.25, 0.3) is 0 Å². The molecule has 110 valence electrons. The lowest BCUT2D eigenvalue weighted by Gasteiger charge is -2.31. The summed E-state index contributed by atoms with van der Waals surface area (Å²) >= 11 is 0. The molecule has 1 aromatic rings. The fourth-order valence-electron chi connectivity index (χ4n) is 2.54. The molecule has 0 bridgehead atoms. The summed E-state index contributed by atoms with van der Waals surface area (Å²) < 4.78 is 5.22. The van der Waals surface area contributed by atoms with Crippen LogP contribution < -0.4 is 5.73 Å². The van der Waals surface area contributed by atoms with Crippen molar-refractivity contribution >= 4 is 5.84 Å². The van der Waals surface area contributed by atoms with Gasteiger partial charge >= 0.3 is 0 Å². The molecule has 0 radical (unpaired) electrons. The van der Waals surface area contributed by atoms with E-state index in [1.165, 1.54) is 18.4 Å². The highest BCUT2D eigenvalue weighted by atomic mass is 16.5. The SMILES string of the molecule is COCCN(C1CC1)C(CC(N)=NO)c1ccccc1. The smallest absolute Gasteiger partial charge is 0.141 e. The van der Waals surface area contributed by atoms with Gasteiger partial charge in [-0.3, -0.25) is 4.90 Å². The van der Waals surface area contributed by atoms with Gasteiger partial charge in [0.2, 0.25) is 0 Å². The Morgan fingerprint density at radius 3 is 2.70 bits per heavy atom. The molecule has 5 heteroatoms. The van der Waals surface area contributed by atoms with Crippen molar-refractivity contribution in [1.29, 1.82) is 0 Å². The molecule has 0 amide bonds. The Hall–Kier alpha value is -1.59. The summed E-state index contributed by atoms with van der Waals surface area (Å²) in [6.07, 6.45) is 2.95. The molecule has 0 saturated heterocycles. The summed E-state index contributed by atoms with van der Waals surface area (Å²) in [4.78, 5) is 2.41. The summed E-state index contributed by atoms with van der Waals surface area (Å²) in [7, 11) is 1.71. The third kappa shape index (κ3) is 3.95. The normalized spacial score (nSPS) is 17.4. The van der Waals surface area contributed by atoms with Gasteiger partial charge in [-0.2, -0.15) is 0 Å². The van der Waals surface area contributed by atoms with Gasteiger partial charge < -0.3 is 15.7 Å². The first-order valence-corrected chi connectivity index (χ1v) is 7.02. The van der Waals surface area contributed by atoms with Gasteiger partial charge in [-0.25, -0.2) is 0 Å². The van der Waals surface area contributed by atoms with Crippen molar-refractivity contribution in [2.45, 2.75) is 31.3 Å². The molecule has 1 saturated carbocycles. The van der Waals surface area contributed by atoms with Crippen LogP contribution in [-0.4, -0.2) is 42.2 Å². The molecule has 1 fully saturated rings. The molecule has 5 nitrogen and oxygen atoms in total. The minimum atomic E-state index is 0.134. The van der Waals surface area contributed by atoms with Crippen LogP contribution in [0, 0.1) is 0 Å². The number of nitrogens with two attached hydrogens (primary N) is 1. The second kappa shape index (κ2) is 7.26. The standard InChI is InChI=1S/C15H23N3O2/c1-20-10-9-18(13-7-8-13)14(11-15(16)17-19)12-5-3-2-4-6-12/h2-6,13-14,19H,7-11H2,1H3,(H2,16,17). The molecule has 20 heavy (non-hydrogen) atoms. The average molecular weight is 277 g/mol. The monoisotopic (exact) mass is 277 g/mol. The third-order valence-corrected chi connectivity index (χ3v) is 3.69. The number of hydrogen-bond donors (Lipinski definition) is 2. The van der Waals surface area contributed by atoms with E-state index in [0.29, 0.717) is 19.1 Å². The van der Waals surface area contributed by atoms with Gasteiger partial charge in [0, 0.05) is 32.2 Å². The number of benzene rings is 1. The zero-order valence-corrected chi connectivity index (χ0v) is 11.9. The molecule has 1 aliphatic rings. The van der Waals surface area contributed by atoms with Crippen LogP contribution in [0.1, 0.15) is 30.9 Å². The van der Waals surface area contributed by atoms with Crippen LogP contribution in [0.25, 0.3) is 0 Å². The zero-order valence-electron chi connectivity index (χ0n) is 11.9. The number of oxime groups is 1. The van der Waals surface area contributed by atoms with Gasteiger partial charge in [-0.05, 0) is 18.4 Å². The lowest BCUT2D eigenvalue weighted by atomic mass is 10.0. The molecule has 3 N–H and O–H groups in total. The Kier molecular flexibility index (Phi) is 5.38. The second-order valence-electron chi connectivity index (χ2n) is 5.18. The molecule has 0 spiro atoms. The van der Waals surface area contributed by atoms with Gasteiger partial charge in [-0.1, -0.05) is 35.5 Å². The first-order chi connectivity index (χ1) is 9.76. The summed E-state index contributed by atoms with van der Waals surface area (Å²) in [5.41, 5.74) is 6.94. The van der Waals surface area contributed by atoms with E-state index in [2.05, 4.69) is 22.2 Å². The predicted octanol–water partition coefficient (Wildman–Crippen LogP) is 1.97. The van der Waals surface area contributed by atoms with E-state index in [-0.39, 0.29) is 11.9 Å². The molecule has 2 rings (SSSR count). The van der Waals surface area contributed by atoms with E-state index in [9.17, 15) is 0 Å². The van der Waals surface area contributed by atoms with Gasteiger partial charge in [0.05, 0.1) is 6.61 Å². The van der Waals surface area contributed by atoms with Crippen molar-refractivity contribution in [2.75, 3.05) is 20.3 Å². The van der Waals surface area contributed by atoms with Crippen LogP contribution in [0.15, 0.2) is 35.5 Å². The maximum absolute atomic E-state index is 8.86. The van der Waals surface area contributed by atoms with Crippen LogP contribution in [-0.2, 0) is 4.74 Å². The Morgan fingerprint density at radius 2 is 2.15 bits per heavy atom. The number of methoxy groups -OCH3 is 1. The van der Waals surface area contributed by atoms with Crippen LogP contribution in [0.5, 0.6) is 0 Å². The van der Waals surface area contributed by atoms with E-state index in [1.807, 2.05) is 18.2 Å². The first-order valence-electron chi connectivity index (χ1n) is 7.02. The largest absolute Gasteiger partial charge is 0.409 e. The number of ether oxygens (including phenoxy) is 1. The van der Waals surface area contributed by atoms with E-state index >= 15 is 0 Å². The lowest BCUT2D eigenvalue weighted by molar-refractivity contribution is 0.115. The van der Waals surface area contributed by atoms with E-state index < -0.39 is 0 Å². The van der Waals surface area contributed by atoms with Crippen LogP contribution in [0.2, 0.25) is 0 Å². The average Bonchev–Trinajstić information content (AvgIpc) is 3.32. The van der Waals surface area contributed by atoms with Gasteiger partial charge in [0.1, 0.15) is 5.84 Å². The molecule has 1 aliphatic carbocycles. The highest BCUT2D eigenvalue weighted by Gasteiger charge is 2.34. The fraction of sp³-hybridized carbons (Fsp3) is 0.533.